The summed E-state index contributed by atoms with van der Waals surface area (Å²) in [6.07, 6.45) is 0. The van der Waals surface area contributed by atoms with E-state index in [1.807, 2.05) is 26.0 Å². The van der Waals surface area contributed by atoms with Gasteiger partial charge in [-0.25, -0.2) is 12.7 Å². The number of hydrogen-bond acceptors (Lipinski definition) is 4. The van der Waals surface area contributed by atoms with Crippen molar-refractivity contribution in [2.45, 2.75) is 18.7 Å². The lowest BCUT2D eigenvalue weighted by molar-refractivity contribution is 0.0773. The smallest absolute Gasteiger partial charge is 0.253 e. The van der Waals surface area contributed by atoms with Crippen LogP contribution in [0, 0.1) is 13.8 Å². The lowest BCUT2D eigenvalue weighted by atomic mass is 10.1. The molecule has 0 spiro atoms. The number of aryl methyl sites for hydroxylation is 2. The Bertz CT molecular complexity index is 903. The highest BCUT2D eigenvalue weighted by atomic mass is 32.2. The minimum atomic E-state index is -3.58. The molecule has 6 nitrogen and oxygen atoms in total. The van der Waals surface area contributed by atoms with Crippen LogP contribution in [-0.4, -0.2) is 57.8 Å². The van der Waals surface area contributed by atoms with Gasteiger partial charge in [0.05, 0.1) is 11.4 Å². The van der Waals surface area contributed by atoms with E-state index in [0.717, 1.165) is 21.2 Å². The lowest BCUT2D eigenvalue weighted by Crippen LogP contribution is -2.31. The summed E-state index contributed by atoms with van der Waals surface area (Å²) in [5, 5.41) is 0. The van der Waals surface area contributed by atoms with E-state index < -0.39 is 10.0 Å². The number of carbonyl (C=O) groups is 1. The Balaban J connectivity index is 2.03. The Morgan fingerprint density at radius 3 is 2.22 bits per heavy atom. The molecule has 0 aliphatic rings. The number of likely N-dealkylation sites (N-methyl/N-ethyl adjacent to an activating group) is 1. The second-order valence-corrected chi connectivity index (χ2v) is 8.87. The molecule has 146 valence electrons. The summed E-state index contributed by atoms with van der Waals surface area (Å²) in [5.74, 6) is 0.516. The van der Waals surface area contributed by atoms with E-state index in [2.05, 4.69) is 6.07 Å². The number of hydrogen-bond donors (Lipinski definition) is 0. The van der Waals surface area contributed by atoms with Gasteiger partial charge in [0.2, 0.25) is 10.0 Å². The highest BCUT2D eigenvalue weighted by Crippen LogP contribution is 2.17. The third-order valence-corrected chi connectivity index (χ3v) is 5.91. The molecule has 0 saturated heterocycles. The van der Waals surface area contributed by atoms with Gasteiger partial charge in [-0.3, -0.25) is 4.79 Å². The van der Waals surface area contributed by atoms with Crippen LogP contribution in [0.4, 0.5) is 0 Å². The highest BCUT2D eigenvalue weighted by Gasteiger charge is 2.20. The molecule has 0 radical (unpaired) electrons. The first-order chi connectivity index (χ1) is 12.6. The maximum absolute atomic E-state index is 12.6. The second-order valence-electron chi connectivity index (χ2n) is 6.71. The zero-order chi connectivity index (χ0) is 20.2. The number of nitrogens with zero attached hydrogens (tertiary/aromatic N) is 2. The van der Waals surface area contributed by atoms with Crippen LogP contribution in [0.2, 0.25) is 0 Å². The summed E-state index contributed by atoms with van der Waals surface area (Å²) in [7, 11) is 1.00. The van der Waals surface area contributed by atoms with Gasteiger partial charge in [-0.2, -0.15) is 0 Å². The maximum Gasteiger partial charge on any atom is 0.253 e. The Morgan fingerprint density at radius 1 is 1.00 bits per heavy atom. The summed E-state index contributed by atoms with van der Waals surface area (Å²) < 4.78 is 31.3. The highest BCUT2D eigenvalue weighted by molar-refractivity contribution is 7.89. The zero-order valence-corrected chi connectivity index (χ0v) is 17.2. The molecule has 0 bridgehead atoms. The Labute approximate surface area is 161 Å². The summed E-state index contributed by atoms with van der Waals surface area (Å²) in [6.45, 7) is 4.74. The SMILES string of the molecule is Cc1cc(C)cc(OCCN(C)C(=O)c2cccc(S(=O)(=O)N(C)C)c2)c1. The van der Waals surface area contributed by atoms with Gasteiger partial charge in [0.15, 0.2) is 0 Å². The molecule has 2 aromatic carbocycles. The average Bonchev–Trinajstić information content (AvgIpc) is 2.60. The van der Waals surface area contributed by atoms with Gasteiger partial charge in [0, 0.05) is 26.7 Å². The van der Waals surface area contributed by atoms with Gasteiger partial charge in [-0.1, -0.05) is 12.1 Å². The van der Waals surface area contributed by atoms with Crippen LogP contribution in [0.15, 0.2) is 47.4 Å². The van der Waals surface area contributed by atoms with E-state index in [9.17, 15) is 13.2 Å². The Morgan fingerprint density at radius 2 is 1.63 bits per heavy atom. The van der Waals surface area contributed by atoms with Gasteiger partial charge in [-0.15, -0.1) is 0 Å². The molecule has 0 aromatic heterocycles. The summed E-state index contributed by atoms with van der Waals surface area (Å²) in [6, 6.07) is 12.0. The normalized spacial score (nSPS) is 11.5. The van der Waals surface area contributed by atoms with E-state index in [1.165, 1.54) is 31.1 Å². The predicted molar refractivity (Wildman–Crippen MR) is 106 cm³/mol. The van der Waals surface area contributed by atoms with Crippen molar-refractivity contribution in [1.29, 1.82) is 0 Å². The number of benzene rings is 2. The molecule has 1 amide bonds. The van der Waals surface area contributed by atoms with Crippen LogP contribution in [0.3, 0.4) is 0 Å². The van der Waals surface area contributed by atoms with E-state index in [4.69, 9.17) is 4.74 Å². The predicted octanol–water partition coefficient (Wildman–Crippen LogP) is 2.70. The lowest BCUT2D eigenvalue weighted by Gasteiger charge is -2.18. The van der Waals surface area contributed by atoms with Crippen LogP contribution < -0.4 is 4.74 Å². The number of amides is 1. The van der Waals surface area contributed by atoms with Crippen LogP contribution in [0.25, 0.3) is 0 Å². The first-order valence-electron chi connectivity index (χ1n) is 8.60. The molecule has 27 heavy (non-hydrogen) atoms. The standard InChI is InChI=1S/C20H26N2O4S/c1-15-11-16(2)13-18(12-15)26-10-9-22(5)20(23)17-7-6-8-19(14-17)27(24,25)21(3)4/h6-8,11-14H,9-10H2,1-5H3. The molecule has 0 aliphatic heterocycles. The van der Waals surface area contributed by atoms with Gasteiger partial charge >= 0.3 is 0 Å². The van der Waals surface area contributed by atoms with Crippen molar-refractivity contribution < 1.29 is 17.9 Å². The molecule has 0 atom stereocenters. The van der Waals surface area contributed by atoms with E-state index in [0.29, 0.717) is 18.7 Å². The van der Waals surface area contributed by atoms with Gasteiger partial charge < -0.3 is 9.64 Å². The van der Waals surface area contributed by atoms with Crippen molar-refractivity contribution in [3.8, 4) is 5.75 Å². The van der Waals surface area contributed by atoms with Crippen molar-refractivity contribution in [3.63, 3.8) is 0 Å². The molecule has 0 aliphatic carbocycles. The monoisotopic (exact) mass is 390 g/mol. The second kappa shape index (κ2) is 8.54. The molecule has 0 unspecified atom stereocenters. The first-order valence-corrected chi connectivity index (χ1v) is 10.0. The minimum Gasteiger partial charge on any atom is -0.492 e. The van der Waals surface area contributed by atoms with Crippen LogP contribution in [0.1, 0.15) is 21.5 Å². The van der Waals surface area contributed by atoms with Crippen molar-refractivity contribution >= 4 is 15.9 Å². The maximum atomic E-state index is 12.6. The quantitative estimate of drug-likeness (QED) is 0.729. The molecule has 0 N–H and O–H groups in total. The van der Waals surface area contributed by atoms with Gasteiger partial charge in [0.1, 0.15) is 12.4 Å². The van der Waals surface area contributed by atoms with Crippen LogP contribution in [0.5, 0.6) is 5.75 Å². The molecular weight excluding hydrogens is 364 g/mol. The van der Waals surface area contributed by atoms with E-state index >= 15 is 0 Å². The molecule has 0 heterocycles. The summed E-state index contributed by atoms with van der Waals surface area (Å²) in [4.78, 5) is 14.2. The fourth-order valence-corrected chi connectivity index (χ4v) is 3.59. The Kier molecular flexibility index (Phi) is 6.62. The third kappa shape index (κ3) is 5.30. The fourth-order valence-electron chi connectivity index (χ4n) is 2.64. The van der Waals surface area contributed by atoms with Gasteiger partial charge in [0.25, 0.3) is 5.91 Å². The van der Waals surface area contributed by atoms with Gasteiger partial charge in [-0.05, 0) is 55.3 Å². The molecule has 0 fully saturated rings. The zero-order valence-electron chi connectivity index (χ0n) is 16.4. The van der Waals surface area contributed by atoms with Crippen LogP contribution in [-0.2, 0) is 10.0 Å². The largest absolute Gasteiger partial charge is 0.492 e. The summed E-state index contributed by atoms with van der Waals surface area (Å²) >= 11 is 0. The van der Waals surface area contributed by atoms with Crippen molar-refractivity contribution in [1.82, 2.24) is 9.21 Å². The minimum absolute atomic E-state index is 0.0956. The number of ether oxygens (including phenoxy) is 1. The van der Waals surface area contributed by atoms with Crippen molar-refractivity contribution in [2.75, 3.05) is 34.3 Å². The summed E-state index contributed by atoms with van der Waals surface area (Å²) in [5.41, 5.74) is 2.56. The average molecular weight is 391 g/mol. The topological polar surface area (TPSA) is 66.9 Å². The molecular formula is C20H26N2O4S. The van der Waals surface area contributed by atoms with Crippen LogP contribution >= 0.6 is 0 Å². The van der Waals surface area contributed by atoms with E-state index in [1.54, 1.807) is 19.2 Å². The number of rotatable bonds is 7. The molecule has 2 rings (SSSR count). The first kappa shape index (κ1) is 20.9. The Hall–Kier alpha value is -2.38. The third-order valence-electron chi connectivity index (χ3n) is 4.10. The van der Waals surface area contributed by atoms with Crippen molar-refractivity contribution in [2.24, 2.45) is 0 Å². The molecule has 2 aromatic rings. The van der Waals surface area contributed by atoms with Crippen molar-refractivity contribution in [3.05, 3.63) is 59.2 Å². The molecule has 7 heteroatoms. The fraction of sp³-hybridized carbons (Fsp3) is 0.350. The molecule has 0 saturated carbocycles. The number of sulfonamides is 1. The van der Waals surface area contributed by atoms with E-state index in [-0.39, 0.29) is 10.8 Å². The number of carbonyl (C=O) groups excluding carboxylic acids is 1.